The van der Waals surface area contributed by atoms with E-state index in [0.717, 1.165) is 11.1 Å². The van der Waals surface area contributed by atoms with Gasteiger partial charge in [0.1, 0.15) is 0 Å². The molecule has 1 heterocycles. The number of rotatable bonds is 5. The highest BCUT2D eigenvalue weighted by atomic mass is 79.9. The number of benzene rings is 1. The molecule has 84 valence electrons. The van der Waals surface area contributed by atoms with Crippen LogP contribution in [0.4, 0.5) is 0 Å². The smallest absolute Gasteiger partial charge is 0.0598 e. The van der Waals surface area contributed by atoms with Gasteiger partial charge in [-0.1, -0.05) is 52.3 Å². The molecule has 0 N–H and O–H groups in total. The van der Waals surface area contributed by atoms with Crippen molar-refractivity contribution in [3.63, 3.8) is 0 Å². The van der Waals surface area contributed by atoms with Crippen LogP contribution in [0.15, 0.2) is 52.1 Å². The second kappa shape index (κ2) is 6.48. The Labute approximate surface area is 113 Å². The Balaban J connectivity index is 1.96. The van der Waals surface area contributed by atoms with E-state index in [2.05, 4.69) is 63.8 Å². The molecule has 0 fully saturated rings. The van der Waals surface area contributed by atoms with Crippen molar-refractivity contribution in [2.45, 2.75) is 10.1 Å². The minimum Gasteiger partial charge on any atom is -0.137 e. The molecule has 0 radical (unpaired) electrons. The third-order valence-electron chi connectivity index (χ3n) is 2.38. The number of thiophene rings is 1. The summed E-state index contributed by atoms with van der Waals surface area (Å²) in [5.74, 6) is 1.73. The normalized spacial score (nSPS) is 12.6. The lowest BCUT2D eigenvalue weighted by Gasteiger charge is -2.13. The minimum absolute atomic E-state index is 0.591. The van der Waals surface area contributed by atoms with Crippen LogP contribution in [0, 0.1) is 0 Å². The number of halogens is 1. The molecule has 0 saturated heterocycles. The number of hydrogen-bond donors (Lipinski definition) is 0. The molecule has 1 atom stereocenters. The molecule has 2 rings (SSSR count). The minimum atomic E-state index is 0.591. The zero-order valence-electron chi connectivity index (χ0n) is 8.80. The Morgan fingerprint density at radius 1 is 1.12 bits per heavy atom. The van der Waals surface area contributed by atoms with Crippen LogP contribution in [-0.2, 0) is 0 Å². The highest BCUT2D eigenvalue weighted by Crippen LogP contribution is 2.30. The fourth-order valence-corrected chi connectivity index (χ4v) is 4.33. The second-order valence-corrected chi connectivity index (χ2v) is 6.42. The molecule has 0 spiro atoms. The summed E-state index contributed by atoms with van der Waals surface area (Å²) in [4.78, 5) is 0. The molecule has 16 heavy (non-hydrogen) atoms. The second-order valence-electron chi connectivity index (χ2n) is 3.51. The van der Waals surface area contributed by atoms with E-state index >= 15 is 0 Å². The van der Waals surface area contributed by atoms with Crippen molar-refractivity contribution in [3.8, 4) is 0 Å². The Kier molecular flexibility index (Phi) is 4.94. The van der Waals surface area contributed by atoms with Gasteiger partial charge in [-0.3, -0.25) is 0 Å². The van der Waals surface area contributed by atoms with Gasteiger partial charge in [0.05, 0.1) is 4.21 Å². The SMILES string of the molecule is BrCC(CSc1cccs1)c1ccccc1. The van der Waals surface area contributed by atoms with E-state index in [4.69, 9.17) is 0 Å². The topological polar surface area (TPSA) is 0 Å². The fraction of sp³-hybridized carbons (Fsp3) is 0.231. The first-order valence-electron chi connectivity index (χ1n) is 5.17. The Morgan fingerprint density at radius 3 is 2.56 bits per heavy atom. The Bertz CT molecular complexity index is 397. The molecule has 0 nitrogen and oxygen atoms in total. The zero-order valence-corrected chi connectivity index (χ0v) is 12.0. The summed E-state index contributed by atoms with van der Waals surface area (Å²) in [7, 11) is 0. The standard InChI is InChI=1S/C13H13BrS2/c14-9-12(11-5-2-1-3-6-11)10-16-13-7-4-8-15-13/h1-8,12H,9-10H2. The zero-order chi connectivity index (χ0) is 11.2. The molecule has 0 aliphatic heterocycles. The lowest BCUT2D eigenvalue weighted by Crippen LogP contribution is -2.02. The van der Waals surface area contributed by atoms with Crippen molar-refractivity contribution in [2.24, 2.45) is 0 Å². The van der Waals surface area contributed by atoms with Gasteiger partial charge in [-0.05, 0) is 17.0 Å². The van der Waals surface area contributed by atoms with Crippen LogP contribution in [0.5, 0.6) is 0 Å². The van der Waals surface area contributed by atoms with Gasteiger partial charge in [-0.2, -0.15) is 0 Å². The van der Waals surface area contributed by atoms with Crippen molar-refractivity contribution in [3.05, 3.63) is 53.4 Å². The van der Waals surface area contributed by atoms with Crippen molar-refractivity contribution >= 4 is 39.0 Å². The molecule has 0 saturated carbocycles. The van der Waals surface area contributed by atoms with Gasteiger partial charge in [0.25, 0.3) is 0 Å². The molecule has 0 aliphatic rings. The maximum absolute atomic E-state index is 3.61. The molecule has 0 bridgehead atoms. The third-order valence-corrected chi connectivity index (χ3v) is 5.45. The van der Waals surface area contributed by atoms with E-state index < -0.39 is 0 Å². The van der Waals surface area contributed by atoms with Gasteiger partial charge < -0.3 is 0 Å². The van der Waals surface area contributed by atoms with E-state index in [1.165, 1.54) is 9.77 Å². The van der Waals surface area contributed by atoms with E-state index in [0.29, 0.717) is 5.92 Å². The van der Waals surface area contributed by atoms with Crippen LogP contribution in [-0.4, -0.2) is 11.1 Å². The highest BCUT2D eigenvalue weighted by molar-refractivity contribution is 9.09. The molecule has 0 aliphatic carbocycles. The first-order chi connectivity index (χ1) is 7.90. The van der Waals surface area contributed by atoms with E-state index in [1.807, 2.05) is 23.1 Å². The van der Waals surface area contributed by atoms with Gasteiger partial charge in [0, 0.05) is 17.0 Å². The van der Waals surface area contributed by atoms with Crippen molar-refractivity contribution < 1.29 is 0 Å². The maximum Gasteiger partial charge on any atom is 0.0598 e. The van der Waals surface area contributed by atoms with Crippen LogP contribution < -0.4 is 0 Å². The van der Waals surface area contributed by atoms with Crippen molar-refractivity contribution in [2.75, 3.05) is 11.1 Å². The largest absolute Gasteiger partial charge is 0.137 e. The molecule has 1 aromatic carbocycles. The molecular formula is C13H13BrS2. The van der Waals surface area contributed by atoms with Crippen LogP contribution in [0.25, 0.3) is 0 Å². The van der Waals surface area contributed by atoms with Gasteiger partial charge in [0.15, 0.2) is 0 Å². The molecule has 1 aromatic heterocycles. The summed E-state index contributed by atoms with van der Waals surface area (Å²) in [6, 6.07) is 15.0. The van der Waals surface area contributed by atoms with Crippen LogP contribution in [0.1, 0.15) is 11.5 Å². The lowest BCUT2D eigenvalue weighted by molar-refractivity contribution is 0.903. The summed E-state index contributed by atoms with van der Waals surface area (Å²) >= 11 is 7.37. The van der Waals surface area contributed by atoms with E-state index in [-0.39, 0.29) is 0 Å². The highest BCUT2D eigenvalue weighted by Gasteiger charge is 2.10. The molecule has 2 aromatic rings. The number of alkyl halides is 1. The monoisotopic (exact) mass is 312 g/mol. The van der Waals surface area contributed by atoms with Gasteiger partial charge in [0.2, 0.25) is 0 Å². The Morgan fingerprint density at radius 2 is 1.94 bits per heavy atom. The van der Waals surface area contributed by atoms with Gasteiger partial charge >= 0.3 is 0 Å². The van der Waals surface area contributed by atoms with Crippen LogP contribution >= 0.6 is 39.0 Å². The lowest BCUT2D eigenvalue weighted by atomic mass is 10.0. The first-order valence-corrected chi connectivity index (χ1v) is 8.16. The summed E-state index contributed by atoms with van der Waals surface area (Å²) in [6.07, 6.45) is 0. The first kappa shape index (κ1) is 12.2. The third kappa shape index (κ3) is 3.37. The molecular weight excluding hydrogens is 300 g/mol. The number of thioether (sulfide) groups is 1. The van der Waals surface area contributed by atoms with Crippen molar-refractivity contribution in [1.29, 1.82) is 0 Å². The van der Waals surface area contributed by atoms with E-state index in [1.54, 1.807) is 0 Å². The van der Waals surface area contributed by atoms with Gasteiger partial charge in [-0.25, -0.2) is 0 Å². The molecule has 3 heteroatoms. The van der Waals surface area contributed by atoms with E-state index in [9.17, 15) is 0 Å². The van der Waals surface area contributed by atoms with Crippen LogP contribution in [0.3, 0.4) is 0 Å². The predicted octanol–water partition coefficient (Wildman–Crippen LogP) is 5.02. The Hall–Kier alpha value is -0.250. The summed E-state index contributed by atoms with van der Waals surface area (Å²) in [5.41, 5.74) is 1.42. The van der Waals surface area contributed by atoms with Crippen LogP contribution in [0.2, 0.25) is 0 Å². The van der Waals surface area contributed by atoms with Crippen molar-refractivity contribution in [1.82, 2.24) is 0 Å². The van der Waals surface area contributed by atoms with Gasteiger partial charge in [-0.15, -0.1) is 23.1 Å². The summed E-state index contributed by atoms with van der Waals surface area (Å²) in [5, 5.41) is 3.16. The summed E-state index contributed by atoms with van der Waals surface area (Å²) < 4.78 is 1.40. The average molecular weight is 313 g/mol. The summed E-state index contributed by atoms with van der Waals surface area (Å²) in [6.45, 7) is 0. The number of hydrogen-bond acceptors (Lipinski definition) is 2. The maximum atomic E-state index is 3.61. The fourth-order valence-electron chi connectivity index (χ4n) is 1.48. The quantitative estimate of drug-likeness (QED) is 0.552. The molecule has 0 amide bonds. The predicted molar refractivity (Wildman–Crippen MR) is 78.0 cm³/mol. The molecule has 1 unspecified atom stereocenters. The average Bonchev–Trinajstić information content (AvgIpc) is 2.84.